The van der Waals surface area contributed by atoms with E-state index >= 15 is 0 Å². The van der Waals surface area contributed by atoms with E-state index in [4.69, 9.17) is 0 Å². The van der Waals surface area contributed by atoms with Crippen LogP contribution in [-0.4, -0.2) is 11.9 Å². The number of hydrogen-bond acceptors (Lipinski definition) is 2. The van der Waals surface area contributed by atoms with Crippen LogP contribution in [-0.2, 0) is 9.59 Å². The number of rotatable bonds is 39. The predicted molar refractivity (Wildman–Crippen MR) is 205 cm³/mol. The largest absolute Gasteiger partial charge is 0.234 e. The standard InChI is InChI=1S/C44H82O2/c1-3-5-7-9-11-13-15-17-19-20-21-22-23-25-27-29-31-33-35-37-39-44(40-42-45,41-43-46)38-36-34-32-30-28-26-24-18-16-14-12-10-8-6-4-2/h40-41H,3-39H2,1-2H3. The molecule has 0 N–H and O–H groups in total. The fourth-order valence-corrected chi connectivity index (χ4v) is 7.22. The summed E-state index contributed by atoms with van der Waals surface area (Å²) in [5.74, 6) is 4.05. The first-order valence-corrected chi connectivity index (χ1v) is 21.2. The molecule has 0 saturated carbocycles. The maximum absolute atomic E-state index is 11.3. The summed E-state index contributed by atoms with van der Waals surface area (Å²) in [5.41, 5.74) is -0.422. The average molecular weight is 643 g/mol. The van der Waals surface area contributed by atoms with Crippen LogP contribution in [0.2, 0.25) is 0 Å². The maximum atomic E-state index is 11.3. The second-order valence-corrected chi connectivity index (χ2v) is 14.9. The van der Waals surface area contributed by atoms with Gasteiger partial charge in [-0.1, -0.05) is 239 Å². The van der Waals surface area contributed by atoms with Gasteiger partial charge in [0.2, 0.25) is 0 Å². The lowest BCUT2D eigenvalue weighted by molar-refractivity contribution is 0.371. The van der Waals surface area contributed by atoms with Gasteiger partial charge in [0.1, 0.15) is 11.9 Å². The Morgan fingerprint density at radius 3 is 0.652 bits per heavy atom. The van der Waals surface area contributed by atoms with Gasteiger partial charge in [-0.3, -0.25) is 0 Å². The van der Waals surface area contributed by atoms with E-state index in [1.54, 1.807) is 12.2 Å². The first kappa shape index (κ1) is 44.9. The SMILES string of the molecule is CCCCCCCCCCCCCCCCCCCCCCC(C=C=O)(C=C=O)CCCCCCCCCCCCCCCCC. The zero-order valence-corrected chi connectivity index (χ0v) is 31.6. The summed E-state index contributed by atoms with van der Waals surface area (Å²) in [7, 11) is 0. The molecule has 0 heterocycles. The van der Waals surface area contributed by atoms with Crippen molar-refractivity contribution in [2.24, 2.45) is 5.41 Å². The van der Waals surface area contributed by atoms with Crippen molar-refractivity contribution in [3.8, 4) is 0 Å². The lowest BCUT2D eigenvalue weighted by atomic mass is 9.78. The summed E-state index contributed by atoms with van der Waals surface area (Å²) in [6, 6.07) is 0. The van der Waals surface area contributed by atoms with Crippen molar-refractivity contribution >= 4 is 11.9 Å². The Morgan fingerprint density at radius 2 is 0.478 bits per heavy atom. The van der Waals surface area contributed by atoms with Crippen molar-refractivity contribution in [3.63, 3.8) is 0 Å². The number of hydrogen-bond donors (Lipinski definition) is 0. The molecule has 0 aromatic heterocycles. The van der Waals surface area contributed by atoms with Crippen LogP contribution in [0.1, 0.15) is 251 Å². The van der Waals surface area contributed by atoms with Gasteiger partial charge in [-0.2, -0.15) is 0 Å². The third-order valence-corrected chi connectivity index (χ3v) is 10.4. The van der Waals surface area contributed by atoms with Crippen molar-refractivity contribution in [3.05, 3.63) is 12.2 Å². The zero-order chi connectivity index (χ0) is 33.5. The fraction of sp³-hybridized carbons (Fsp3) is 0.909. The lowest BCUT2D eigenvalue weighted by Crippen LogP contribution is -2.16. The lowest BCUT2D eigenvalue weighted by Gasteiger charge is -2.24. The molecule has 0 bridgehead atoms. The molecule has 0 fully saturated rings. The normalized spacial score (nSPS) is 12.5. The van der Waals surface area contributed by atoms with E-state index < -0.39 is 5.41 Å². The Morgan fingerprint density at radius 1 is 0.304 bits per heavy atom. The van der Waals surface area contributed by atoms with Gasteiger partial charge in [0.05, 0.1) is 0 Å². The molecule has 0 saturated heterocycles. The van der Waals surface area contributed by atoms with Crippen LogP contribution >= 0.6 is 0 Å². The Hall–Kier alpha value is -1.10. The molecular weight excluding hydrogens is 560 g/mol. The average Bonchev–Trinajstić information content (AvgIpc) is 3.06. The number of carbonyl (C=O) groups excluding carboxylic acids is 2. The third kappa shape index (κ3) is 32.8. The van der Waals surface area contributed by atoms with Crippen molar-refractivity contribution in [1.82, 2.24) is 0 Å². The van der Waals surface area contributed by atoms with Gasteiger partial charge in [0.25, 0.3) is 0 Å². The smallest absolute Gasteiger partial charge is 0.120 e. The first-order valence-electron chi connectivity index (χ1n) is 21.2. The molecule has 0 unspecified atom stereocenters. The van der Waals surface area contributed by atoms with Gasteiger partial charge in [-0.05, 0) is 12.8 Å². The summed E-state index contributed by atoms with van der Waals surface area (Å²) in [6.07, 6.45) is 52.9. The van der Waals surface area contributed by atoms with Crippen LogP contribution in [0, 0.1) is 5.41 Å². The van der Waals surface area contributed by atoms with Gasteiger partial charge in [0.15, 0.2) is 0 Å². The Kier molecular flexibility index (Phi) is 37.4. The molecule has 0 aliphatic heterocycles. The highest BCUT2D eigenvalue weighted by Gasteiger charge is 2.24. The molecule has 2 nitrogen and oxygen atoms in total. The minimum absolute atomic E-state index is 0.422. The minimum atomic E-state index is -0.422. The van der Waals surface area contributed by atoms with Crippen LogP contribution in [0.25, 0.3) is 0 Å². The Bertz CT molecular complexity index is 666. The highest BCUT2D eigenvalue weighted by atomic mass is 16.1. The molecule has 0 spiro atoms. The molecular formula is C44H82O2. The van der Waals surface area contributed by atoms with Crippen LogP contribution < -0.4 is 0 Å². The maximum Gasteiger partial charge on any atom is 0.120 e. The van der Waals surface area contributed by atoms with Gasteiger partial charge < -0.3 is 0 Å². The quantitative estimate of drug-likeness (QED) is 0.0494. The van der Waals surface area contributed by atoms with E-state index in [2.05, 4.69) is 13.8 Å². The fourth-order valence-electron chi connectivity index (χ4n) is 7.22. The highest BCUT2D eigenvalue weighted by Crippen LogP contribution is 2.34. The second-order valence-electron chi connectivity index (χ2n) is 14.9. The van der Waals surface area contributed by atoms with Crippen LogP contribution in [0.5, 0.6) is 0 Å². The number of unbranched alkanes of at least 4 members (excludes halogenated alkanes) is 33. The van der Waals surface area contributed by atoms with Crippen LogP contribution in [0.15, 0.2) is 12.2 Å². The van der Waals surface area contributed by atoms with E-state index in [-0.39, 0.29) is 0 Å². The van der Waals surface area contributed by atoms with Crippen molar-refractivity contribution in [2.75, 3.05) is 0 Å². The molecule has 0 amide bonds. The van der Waals surface area contributed by atoms with E-state index in [0.29, 0.717) is 0 Å². The summed E-state index contributed by atoms with van der Waals surface area (Å²) in [4.78, 5) is 22.7. The van der Waals surface area contributed by atoms with E-state index in [1.165, 1.54) is 212 Å². The third-order valence-electron chi connectivity index (χ3n) is 10.4. The molecule has 0 atom stereocenters. The van der Waals surface area contributed by atoms with E-state index in [1.807, 2.05) is 11.9 Å². The van der Waals surface area contributed by atoms with E-state index in [0.717, 1.165) is 25.7 Å². The summed E-state index contributed by atoms with van der Waals surface area (Å²) >= 11 is 0. The second kappa shape index (κ2) is 38.3. The molecule has 270 valence electrons. The summed E-state index contributed by atoms with van der Waals surface area (Å²) < 4.78 is 0. The van der Waals surface area contributed by atoms with Gasteiger partial charge >= 0.3 is 0 Å². The molecule has 46 heavy (non-hydrogen) atoms. The van der Waals surface area contributed by atoms with E-state index in [9.17, 15) is 9.59 Å². The molecule has 0 aromatic rings. The van der Waals surface area contributed by atoms with Gasteiger partial charge in [-0.15, -0.1) is 0 Å². The Balaban J connectivity index is 3.71. The van der Waals surface area contributed by atoms with Crippen molar-refractivity contribution in [2.45, 2.75) is 251 Å². The first-order chi connectivity index (χ1) is 22.7. The summed E-state index contributed by atoms with van der Waals surface area (Å²) in [6.45, 7) is 4.58. The molecule has 0 aromatic carbocycles. The monoisotopic (exact) mass is 643 g/mol. The van der Waals surface area contributed by atoms with Crippen LogP contribution in [0.4, 0.5) is 0 Å². The zero-order valence-electron chi connectivity index (χ0n) is 31.6. The minimum Gasteiger partial charge on any atom is -0.234 e. The highest BCUT2D eigenvalue weighted by molar-refractivity contribution is 5.54. The number of allylic oxidation sites excluding steroid dienone is 2. The molecule has 0 aliphatic carbocycles. The van der Waals surface area contributed by atoms with Crippen molar-refractivity contribution < 1.29 is 9.59 Å². The van der Waals surface area contributed by atoms with Gasteiger partial charge in [0, 0.05) is 17.6 Å². The van der Waals surface area contributed by atoms with Crippen LogP contribution in [0.3, 0.4) is 0 Å². The molecule has 2 heteroatoms. The topological polar surface area (TPSA) is 34.1 Å². The molecule has 0 radical (unpaired) electrons. The van der Waals surface area contributed by atoms with Crippen molar-refractivity contribution in [1.29, 1.82) is 0 Å². The summed E-state index contributed by atoms with van der Waals surface area (Å²) in [5, 5.41) is 0. The predicted octanol–water partition coefficient (Wildman–Crippen LogP) is 15.2. The molecule has 0 rings (SSSR count). The van der Waals surface area contributed by atoms with Gasteiger partial charge in [-0.25, -0.2) is 9.59 Å². The Labute approximate surface area is 289 Å². The molecule has 0 aliphatic rings.